The fourth-order valence-electron chi connectivity index (χ4n) is 2.57. The van der Waals surface area contributed by atoms with Crippen LogP contribution in [0.1, 0.15) is 43.4 Å². The van der Waals surface area contributed by atoms with E-state index in [0.717, 1.165) is 29.5 Å². The summed E-state index contributed by atoms with van der Waals surface area (Å²) in [7, 11) is 0. The highest BCUT2D eigenvalue weighted by atomic mass is 16.4. The summed E-state index contributed by atoms with van der Waals surface area (Å²) in [6.07, 6.45) is 1.66. The molecular weight excluding hydrogens is 266 g/mol. The number of benzene rings is 1. The molecule has 0 heterocycles. The molecule has 2 rings (SSSR count). The smallest absolute Gasteiger partial charge is 0.310 e. The summed E-state index contributed by atoms with van der Waals surface area (Å²) in [6, 6.07) is 6.20. The molecule has 114 valence electrons. The lowest BCUT2D eigenvalue weighted by atomic mass is 9.90. The van der Waals surface area contributed by atoms with Gasteiger partial charge in [0.1, 0.15) is 0 Å². The lowest BCUT2D eigenvalue weighted by Crippen LogP contribution is -2.43. The molecule has 0 bridgehead atoms. The molecule has 0 spiro atoms. The molecule has 0 radical (unpaired) electrons. The van der Waals surface area contributed by atoms with Gasteiger partial charge in [-0.1, -0.05) is 29.3 Å². The van der Waals surface area contributed by atoms with Crippen molar-refractivity contribution in [1.29, 1.82) is 0 Å². The third-order valence-corrected chi connectivity index (χ3v) is 4.23. The van der Waals surface area contributed by atoms with Gasteiger partial charge in [-0.2, -0.15) is 0 Å². The number of aryl methyl sites for hydroxylation is 2. The van der Waals surface area contributed by atoms with Gasteiger partial charge < -0.3 is 10.4 Å². The van der Waals surface area contributed by atoms with Crippen LogP contribution in [0.2, 0.25) is 0 Å². The largest absolute Gasteiger partial charge is 0.481 e. The predicted molar refractivity (Wildman–Crippen MR) is 81.3 cm³/mol. The van der Waals surface area contributed by atoms with Gasteiger partial charge in [-0.3, -0.25) is 9.59 Å². The summed E-state index contributed by atoms with van der Waals surface area (Å²) in [5.74, 6) is -0.958. The number of carboxylic acids is 1. The zero-order valence-corrected chi connectivity index (χ0v) is 13.1. The Morgan fingerprint density at radius 3 is 2.14 bits per heavy atom. The molecule has 1 saturated carbocycles. The van der Waals surface area contributed by atoms with Crippen LogP contribution in [0.3, 0.4) is 0 Å². The van der Waals surface area contributed by atoms with Crippen LogP contribution in [0.25, 0.3) is 0 Å². The van der Waals surface area contributed by atoms with E-state index in [4.69, 9.17) is 5.11 Å². The Bertz CT molecular complexity index is 565. The van der Waals surface area contributed by atoms with Crippen LogP contribution >= 0.6 is 0 Å². The number of carbonyl (C=O) groups excluding carboxylic acids is 1. The van der Waals surface area contributed by atoms with Crippen molar-refractivity contribution in [3.05, 3.63) is 34.9 Å². The molecule has 1 amide bonds. The number of amides is 1. The van der Waals surface area contributed by atoms with Gasteiger partial charge in [-0.25, -0.2) is 0 Å². The summed E-state index contributed by atoms with van der Waals surface area (Å²) < 4.78 is 0. The van der Waals surface area contributed by atoms with E-state index < -0.39 is 16.8 Å². The average molecular weight is 289 g/mol. The molecule has 1 aromatic rings. The second-order valence-corrected chi connectivity index (χ2v) is 6.83. The number of hydrogen-bond donors (Lipinski definition) is 2. The summed E-state index contributed by atoms with van der Waals surface area (Å²) in [5.41, 5.74) is 1.94. The molecule has 0 aliphatic heterocycles. The summed E-state index contributed by atoms with van der Waals surface area (Å²) >= 11 is 0. The van der Waals surface area contributed by atoms with E-state index in [1.807, 2.05) is 13.8 Å². The third-order valence-electron chi connectivity index (χ3n) is 4.23. The van der Waals surface area contributed by atoms with Crippen LogP contribution in [-0.4, -0.2) is 23.5 Å². The van der Waals surface area contributed by atoms with E-state index in [9.17, 15) is 9.59 Å². The number of hydrogen-bond acceptors (Lipinski definition) is 2. The molecule has 4 nitrogen and oxygen atoms in total. The summed E-state index contributed by atoms with van der Waals surface area (Å²) in [5, 5.41) is 11.9. The summed E-state index contributed by atoms with van der Waals surface area (Å²) in [6.45, 7) is 7.43. The van der Waals surface area contributed by atoms with E-state index in [1.54, 1.807) is 13.8 Å². The molecule has 0 atom stereocenters. The van der Waals surface area contributed by atoms with Crippen LogP contribution in [-0.2, 0) is 15.0 Å². The highest BCUT2D eigenvalue weighted by Gasteiger charge is 2.51. The SMILES string of the molecule is Cc1cc(C)cc(C2(C(=O)NCC(C)(C)C(=O)O)CC2)c1. The highest BCUT2D eigenvalue weighted by Crippen LogP contribution is 2.48. The van der Waals surface area contributed by atoms with Crippen LogP contribution in [0, 0.1) is 19.3 Å². The molecule has 1 aliphatic carbocycles. The van der Waals surface area contributed by atoms with Gasteiger partial charge >= 0.3 is 5.97 Å². The third kappa shape index (κ3) is 3.09. The second-order valence-electron chi connectivity index (χ2n) is 6.83. The minimum absolute atomic E-state index is 0.0539. The zero-order valence-electron chi connectivity index (χ0n) is 13.1. The first-order valence-electron chi connectivity index (χ1n) is 7.28. The van der Waals surface area contributed by atoms with Crippen LogP contribution < -0.4 is 5.32 Å². The quantitative estimate of drug-likeness (QED) is 0.875. The predicted octanol–water partition coefficient (Wildman–Crippen LogP) is 2.56. The van der Waals surface area contributed by atoms with Crippen LogP contribution in [0.15, 0.2) is 18.2 Å². The maximum Gasteiger partial charge on any atom is 0.310 e. The number of carbonyl (C=O) groups is 2. The van der Waals surface area contributed by atoms with E-state index in [1.165, 1.54) is 0 Å². The van der Waals surface area contributed by atoms with Gasteiger partial charge in [0, 0.05) is 6.54 Å². The highest BCUT2D eigenvalue weighted by molar-refractivity contribution is 5.91. The Morgan fingerprint density at radius 2 is 1.71 bits per heavy atom. The van der Waals surface area contributed by atoms with Crippen molar-refractivity contribution >= 4 is 11.9 Å². The molecule has 2 N–H and O–H groups in total. The fraction of sp³-hybridized carbons (Fsp3) is 0.529. The molecular formula is C17H23NO3. The molecule has 4 heteroatoms. The Kier molecular flexibility index (Phi) is 3.83. The molecule has 0 unspecified atom stereocenters. The first-order chi connectivity index (χ1) is 9.67. The standard InChI is InChI=1S/C17H23NO3/c1-11-7-12(2)9-13(8-11)17(5-6-17)14(19)18-10-16(3,4)15(20)21/h7-9H,5-6,10H2,1-4H3,(H,18,19)(H,20,21). The van der Waals surface area contributed by atoms with Crippen molar-refractivity contribution in [2.45, 2.75) is 46.0 Å². The van der Waals surface area contributed by atoms with Crippen LogP contribution in [0.4, 0.5) is 0 Å². The zero-order chi connectivity index (χ0) is 15.8. The summed E-state index contributed by atoms with van der Waals surface area (Å²) in [4.78, 5) is 23.6. The van der Waals surface area contributed by atoms with Gasteiger partial charge in [-0.05, 0) is 46.1 Å². The van der Waals surface area contributed by atoms with E-state index in [0.29, 0.717) is 0 Å². The van der Waals surface area contributed by atoms with Crippen molar-refractivity contribution in [2.75, 3.05) is 6.54 Å². The maximum atomic E-state index is 12.5. The van der Waals surface area contributed by atoms with E-state index in [-0.39, 0.29) is 12.5 Å². The lowest BCUT2D eigenvalue weighted by molar-refractivity contribution is -0.146. The van der Waals surface area contributed by atoms with Crippen LogP contribution in [0.5, 0.6) is 0 Å². The number of nitrogens with one attached hydrogen (secondary N) is 1. The van der Waals surface area contributed by atoms with Gasteiger partial charge in [-0.15, -0.1) is 0 Å². The Labute approximate surface area is 125 Å². The Balaban J connectivity index is 2.13. The minimum Gasteiger partial charge on any atom is -0.481 e. The lowest BCUT2D eigenvalue weighted by Gasteiger charge is -2.23. The molecule has 1 aliphatic rings. The molecule has 21 heavy (non-hydrogen) atoms. The number of aliphatic carboxylic acids is 1. The molecule has 1 aromatic carbocycles. The van der Waals surface area contributed by atoms with Crippen molar-refractivity contribution in [3.8, 4) is 0 Å². The van der Waals surface area contributed by atoms with Gasteiger partial charge in [0.25, 0.3) is 0 Å². The first kappa shape index (κ1) is 15.5. The number of carboxylic acid groups (broad SMARTS) is 1. The van der Waals surface area contributed by atoms with Crippen molar-refractivity contribution in [2.24, 2.45) is 5.41 Å². The molecule has 1 fully saturated rings. The van der Waals surface area contributed by atoms with Gasteiger partial charge in [0.05, 0.1) is 10.8 Å². The molecule has 0 aromatic heterocycles. The molecule has 0 saturated heterocycles. The Morgan fingerprint density at radius 1 is 1.19 bits per heavy atom. The second kappa shape index (κ2) is 5.17. The van der Waals surface area contributed by atoms with E-state index in [2.05, 4.69) is 23.5 Å². The van der Waals surface area contributed by atoms with E-state index >= 15 is 0 Å². The minimum atomic E-state index is -0.950. The Hall–Kier alpha value is -1.84. The number of rotatable bonds is 5. The average Bonchev–Trinajstić information content (AvgIpc) is 3.16. The van der Waals surface area contributed by atoms with Crippen molar-refractivity contribution in [1.82, 2.24) is 5.32 Å². The monoisotopic (exact) mass is 289 g/mol. The van der Waals surface area contributed by atoms with Gasteiger partial charge in [0.15, 0.2) is 0 Å². The fourth-order valence-corrected chi connectivity index (χ4v) is 2.57. The van der Waals surface area contributed by atoms with Crippen molar-refractivity contribution in [3.63, 3.8) is 0 Å². The normalized spacial score (nSPS) is 16.4. The van der Waals surface area contributed by atoms with Gasteiger partial charge in [0.2, 0.25) is 5.91 Å². The van der Waals surface area contributed by atoms with Crippen molar-refractivity contribution < 1.29 is 14.7 Å². The first-order valence-corrected chi connectivity index (χ1v) is 7.28. The maximum absolute atomic E-state index is 12.5. The topological polar surface area (TPSA) is 66.4 Å².